The van der Waals surface area contributed by atoms with Gasteiger partial charge < -0.3 is 9.64 Å². The molecule has 0 N–H and O–H groups in total. The second kappa shape index (κ2) is 9.53. The normalized spacial score (nSPS) is 17.7. The maximum atomic E-state index is 13.0. The van der Waals surface area contributed by atoms with E-state index in [0.717, 1.165) is 51.3 Å². The Hall–Kier alpha value is -2.20. The molecule has 1 aliphatic heterocycles. The summed E-state index contributed by atoms with van der Waals surface area (Å²) in [5.41, 5.74) is 3.58. The smallest absolute Gasteiger partial charge is 0.166 e. The third kappa shape index (κ3) is 5.24. The fraction of sp³-hybridized carbons (Fsp3) is 0.480. The van der Waals surface area contributed by atoms with Gasteiger partial charge in [-0.15, -0.1) is 0 Å². The van der Waals surface area contributed by atoms with Crippen molar-refractivity contribution >= 4 is 5.78 Å². The first kappa shape index (κ1) is 20.1. The van der Waals surface area contributed by atoms with E-state index in [9.17, 15) is 9.18 Å². The van der Waals surface area contributed by atoms with E-state index in [0.29, 0.717) is 5.56 Å². The number of rotatable bonds is 7. The van der Waals surface area contributed by atoms with Crippen LogP contribution in [0.1, 0.15) is 53.6 Å². The first-order valence-corrected chi connectivity index (χ1v) is 11.0. The van der Waals surface area contributed by atoms with Crippen LogP contribution in [0.15, 0.2) is 42.5 Å². The summed E-state index contributed by atoms with van der Waals surface area (Å²) >= 11 is 0. The lowest BCUT2D eigenvalue weighted by Gasteiger charge is -2.31. The minimum atomic E-state index is -0.297. The molecule has 0 aromatic heterocycles. The van der Waals surface area contributed by atoms with Crippen LogP contribution in [-0.2, 0) is 12.8 Å². The zero-order valence-corrected chi connectivity index (χ0v) is 17.0. The molecule has 3 nitrogen and oxygen atoms in total. The van der Waals surface area contributed by atoms with Crippen LogP contribution in [0, 0.1) is 11.7 Å². The molecule has 2 aromatic rings. The molecule has 0 amide bonds. The summed E-state index contributed by atoms with van der Waals surface area (Å²) in [5.74, 6) is 0.909. The van der Waals surface area contributed by atoms with Crippen LogP contribution in [-0.4, -0.2) is 36.9 Å². The fourth-order valence-corrected chi connectivity index (χ4v) is 4.55. The van der Waals surface area contributed by atoms with Gasteiger partial charge in [-0.3, -0.25) is 4.79 Å². The molecule has 4 heteroatoms. The zero-order valence-electron chi connectivity index (χ0n) is 17.0. The number of nitrogens with zero attached hydrogens (tertiary/aromatic N) is 1. The van der Waals surface area contributed by atoms with Crippen LogP contribution in [0.25, 0.3) is 0 Å². The molecule has 4 rings (SSSR count). The Morgan fingerprint density at radius 1 is 1.00 bits per heavy atom. The van der Waals surface area contributed by atoms with E-state index in [1.165, 1.54) is 48.9 Å². The van der Waals surface area contributed by atoms with Crippen molar-refractivity contribution in [2.45, 2.75) is 44.9 Å². The summed E-state index contributed by atoms with van der Waals surface area (Å²) in [4.78, 5) is 15.0. The maximum absolute atomic E-state index is 13.0. The number of piperidine rings is 1. The predicted molar refractivity (Wildman–Crippen MR) is 113 cm³/mol. The van der Waals surface area contributed by atoms with Gasteiger partial charge in [0.15, 0.2) is 5.78 Å². The highest BCUT2D eigenvalue weighted by molar-refractivity contribution is 5.97. The van der Waals surface area contributed by atoms with Crippen LogP contribution in [0.3, 0.4) is 0 Å². The highest BCUT2D eigenvalue weighted by Gasteiger charge is 2.25. The molecule has 0 unspecified atom stereocenters. The second-order valence-electron chi connectivity index (χ2n) is 8.33. The van der Waals surface area contributed by atoms with Crippen molar-refractivity contribution in [2.75, 3.05) is 26.2 Å². The molecule has 29 heavy (non-hydrogen) atoms. The van der Waals surface area contributed by atoms with Gasteiger partial charge in [0.25, 0.3) is 0 Å². The third-order valence-corrected chi connectivity index (χ3v) is 6.29. The van der Waals surface area contributed by atoms with Gasteiger partial charge in [-0.25, -0.2) is 4.39 Å². The summed E-state index contributed by atoms with van der Waals surface area (Å²) in [5, 5.41) is 0. The Morgan fingerprint density at radius 2 is 1.72 bits per heavy atom. The Balaban J connectivity index is 1.17. The summed E-state index contributed by atoms with van der Waals surface area (Å²) < 4.78 is 19.0. The number of Topliss-reactive ketones (excluding diaryl/α,β-unsaturated/α-hetero) is 1. The minimum absolute atomic E-state index is 0.0588. The molecule has 2 aliphatic rings. The van der Waals surface area contributed by atoms with Gasteiger partial charge in [0.1, 0.15) is 11.6 Å². The van der Waals surface area contributed by atoms with E-state index >= 15 is 0 Å². The summed E-state index contributed by atoms with van der Waals surface area (Å²) in [6, 6.07) is 12.5. The monoisotopic (exact) mass is 395 g/mol. The number of ether oxygens (including phenoxy) is 1. The fourth-order valence-electron chi connectivity index (χ4n) is 4.55. The molecule has 1 saturated heterocycles. The van der Waals surface area contributed by atoms with E-state index in [1.807, 2.05) is 0 Å². The van der Waals surface area contributed by atoms with Gasteiger partial charge in [-0.05, 0) is 106 Å². The molecule has 0 saturated carbocycles. The lowest BCUT2D eigenvalue weighted by Crippen LogP contribution is -2.37. The number of ketones is 1. The maximum Gasteiger partial charge on any atom is 0.166 e. The molecule has 0 spiro atoms. The van der Waals surface area contributed by atoms with Crippen molar-refractivity contribution in [3.05, 3.63) is 65.0 Å². The lowest BCUT2D eigenvalue weighted by atomic mass is 9.89. The molecule has 1 fully saturated rings. The number of aryl methyl sites for hydroxylation is 2. The topological polar surface area (TPSA) is 29.5 Å². The van der Waals surface area contributed by atoms with E-state index in [2.05, 4.69) is 23.1 Å². The average molecular weight is 396 g/mol. The molecule has 2 aromatic carbocycles. The number of likely N-dealkylation sites (tertiary alicyclic amines) is 1. The van der Waals surface area contributed by atoms with Gasteiger partial charge >= 0.3 is 0 Å². The van der Waals surface area contributed by atoms with Gasteiger partial charge in [-0.1, -0.05) is 6.07 Å². The molecule has 1 aliphatic carbocycles. The van der Waals surface area contributed by atoms with E-state index in [-0.39, 0.29) is 17.5 Å². The van der Waals surface area contributed by atoms with E-state index in [1.54, 1.807) is 12.1 Å². The summed E-state index contributed by atoms with van der Waals surface area (Å²) in [6.45, 7) is 3.61. The van der Waals surface area contributed by atoms with E-state index in [4.69, 9.17) is 4.74 Å². The predicted octanol–water partition coefficient (Wildman–Crippen LogP) is 5.07. The third-order valence-electron chi connectivity index (χ3n) is 6.29. The highest BCUT2D eigenvalue weighted by Crippen LogP contribution is 2.26. The van der Waals surface area contributed by atoms with Gasteiger partial charge in [-0.2, -0.15) is 0 Å². The Morgan fingerprint density at radius 3 is 2.48 bits per heavy atom. The van der Waals surface area contributed by atoms with Crippen LogP contribution >= 0.6 is 0 Å². The first-order chi connectivity index (χ1) is 14.2. The summed E-state index contributed by atoms with van der Waals surface area (Å²) in [7, 11) is 0. The van der Waals surface area contributed by atoms with Crippen molar-refractivity contribution in [3.63, 3.8) is 0 Å². The quantitative estimate of drug-likeness (QED) is 0.484. The molecule has 1 heterocycles. The van der Waals surface area contributed by atoms with Crippen LogP contribution in [0.4, 0.5) is 4.39 Å². The van der Waals surface area contributed by atoms with Gasteiger partial charge in [0.2, 0.25) is 0 Å². The van der Waals surface area contributed by atoms with Crippen molar-refractivity contribution in [2.24, 2.45) is 5.92 Å². The standard InChI is InChI=1S/C25H30FNO2/c26-23-9-6-20(7-10-23)25(28)21-12-15-27(16-13-21)14-3-17-29-24-11-8-19-4-1-2-5-22(19)18-24/h6-11,18,21H,1-5,12-17H2. The van der Waals surface area contributed by atoms with Crippen molar-refractivity contribution in [1.82, 2.24) is 4.90 Å². The highest BCUT2D eigenvalue weighted by atomic mass is 19.1. The molecule has 0 bridgehead atoms. The average Bonchev–Trinajstić information content (AvgIpc) is 2.77. The zero-order chi connectivity index (χ0) is 20.1. The molecule has 0 radical (unpaired) electrons. The SMILES string of the molecule is O=C(c1ccc(F)cc1)C1CCN(CCCOc2ccc3c(c2)CCCC3)CC1. The van der Waals surface area contributed by atoms with E-state index < -0.39 is 0 Å². The second-order valence-corrected chi connectivity index (χ2v) is 8.33. The van der Waals surface area contributed by atoms with Crippen molar-refractivity contribution < 1.29 is 13.9 Å². The number of benzene rings is 2. The Bertz CT molecular complexity index is 825. The number of hydrogen-bond acceptors (Lipinski definition) is 3. The molecular weight excluding hydrogens is 365 g/mol. The van der Waals surface area contributed by atoms with Crippen molar-refractivity contribution in [1.29, 1.82) is 0 Å². The first-order valence-electron chi connectivity index (χ1n) is 11.0. The Labute approximate surface area is 172 Å². The lowest BCUT2D eigenvalue weighted by molar-refractivity contribution is 0.0835. The molecular formula is C25H30FNO2. The number of carbonyl (C=O) groups excluding carboxylic acids is 1. The minimum Gasteiger partial charge on any atom is -0.494 e. The number of carbonyl (C=O) groups is 1. The summed E-state index contributed by atoms with van der Waals surface area (Å²) in [6.07, 6.45) is 7.72. The molecule has 0 atom stereocenters. The van der Waals surface area contributed by atoms with Crippen LogP contribution in [0.5, 0.6) is 5.75 Å². The largest absolute Gasteiger partial charge is 0.494 e. The van der Waals surface area contributed by atoms with Crippen LogP contribution in [0.2, 0.25) is 0 Å². The number of hydrogen-bond donors (Lipinski definition) is 0. The van der Waals surface area contributed by atoms with Gasteiger partial charge in [0.05, 0.1) is 6.61 Å². The van der Waals surface area contributed by atoms with Gasteiger partial charge in [0, 0.05) is 18.0 Å². The van der Waals surface area contributed by atoms with Crippen LogP contribution < -0.4 is 4.74 Å². The number of fused-ring (bicyclic) bond motifs is 1. The van der Waals surface area contributed by atoms with Crippen molar-refractivity contribution in [3.8, 4) is 5.75 Å². The Kier molecular flexibility index (Phi) is 6.60. The molecule has 154 valence electrons. The number of halogens is 1.